The first-order valence-corrected chi connectivity index (χ1v) is 3.46. The summed E-state index contributed by atoms with van der Waals surface area (Å²) in [5, 5.41) is 0. The molecule has 0 N–H and O–H groups in total. The van der Waals surface area contributed by atoms with E-state index in [1.54, 1.807) is 24.3 Å². The van der Waals surface area contributed by atoms with Gasteiger partial charge in [-0.15, -0.1) is 0 Å². The number of hydrogen-bond donors (Lipinski definition) is 0. The third-order valence-electron chi connectivity index (χ3n) is 1.63. The molecule has 0 aliphatic carbocycles. The van der Waals surface area contributed by atoms with Crippen LogP contribution in [0.4, 0.5) is 8.78 Å². The molecule has 0 fully saturated rings. The lowest BCUT2D eigenvalue weighted by Gasteiger charge is -2.08. The lowest BCUT2D eigenvalue weighted by Crippen LogP contribution is -2.03. The van der Waals surface area contributed by atoms with Crippen molar-refractivity contribution in [2.45, 2.75) is 19.3 Å². The van der Waals surface area contributed by atoms with Crippen molar-refractivity contribution < 1.29 is 8.78 Å². The molecule has 1 atom stereocenters. The molecule has 1 aromatic rings. The lowest BCUT2D eigenvalue weighted by molar-refractivity contribution is 0.121. The number of rotatable bonds is 2. The van der Waals surface area contributed by atoms with Crippen molar-refractivity contribution in [1.82, 2.24) is 0 Å². The van der Waals surface area contributed by atoms with Crippen molar-refractivity contribution >= 4 is 0 Å². The molecule has 1 rings (SSSR count). The van der Waals surface area contributed by atoms with E-state index >= 15 is 0 Å². The van der Waals surface area contributed by atoms with Crippen LogP contribution in [-0.4, -0.2) is 6.43 Å². The summed E-state index contributed by atoms with van der Waals surface area (Å²) in [5.74, 6) is -0.688. The Hall–Kier alpha value is -0.920. The Morgan fingerprint density at radius 3 is 2.64 bits per heavy atom. The second-order valence-corrected chi connectivity index (χ2v) is 2.46. The first-order chi connectivity index (χ1) is 5.22. The van der Waals surface area contributed by atoms with E-state index in [2.05, 4.69) is 6.07 Å². The van der Waals surface area contributed by atoms with Gasteiger partial charge in [0.2, 0.25) is 6.43 Å². The summed E-state index contributed by atoms with van der Waals surface area (Å²) < 4.78 is 24.2. The van der Waals surface area contributed by atoms with Crippen LogP contribution in [0.3, 0.4) is 0 Å². The quantitative estimate of drug-likeness (QED) is 0.616. The second kappa shape index (κ2) is 3.46. The Labute approximate surface area is 64.9 Å². The van der Waals surface area contributed by atoms with Gasteiger partial charge in [0.1, 0.15) is 0 Å². The van der Waals surface area contributed by atoms with Gasteiger partial charge in [-0.25, -0.2) is 8.78 Å². The van der Waals surface area contributed by atoms with Crippen LogP contribution in [0.15, 0.2) is 24.3 Å². The SMILES string of the molecule is CC(c1c[c]ccc1)C(F)F. The first kappa shape index (κ1) is 8.18. The van der Waals surface area contributed by atoms with E-state index in [4.69, 9.17) is 0 Å². The molecule has 11 heavy (non-hydrogen) atoms. The van der Waals surface area contributed by atoms with Crippen LogP contribution in [0.1, 0.15) is 18.4 Å². The smallest absolute Gasteiger partial charge is 0.210 e. The molecule has 0 bridgehead atoms. The average molecular weight is 155 g/mol. The summed E-state index contributed by atoms with van der Waals surface area (Å²) in [7, 11) is 0. The van der Waals surface area contributed by atoms with Gasteiger partial charge < -0.3 is 0 Å². The van der Waals surface area contributed by atoms with Gasteiger partial charge >= 0.3 is 0 Å². The fraction of sp³-hybridized carbons (Fsp3) is 0.333. The third-order valence-corrected chi connectivity index (χ3v) is 1.63. The van der Waals surface area contributed by atoms with Gasteiger partial charge in [0.15, 0.2) is 0 Å². The number of halogens is 2. The molecule has 0 aliphatic rings. The molecule has 0 aliphatic heterocycles. The lowest BCUT2D eigenvalue weighted by atomic mass is 10.0. The zero-order chi connectivity index (χ0) is 8.27. The maximum Gasteiger partial charge on any atom is 0.245 e. The fourth-order valence-corrected chi connectivity index (χ4v) is 0.836. The molecule has 0 saturated heterocycles. The summed E-state index contributed by atoms with van der Waals surface area (Å²) >= 11 is 0. The van der Waals surface area contributed by atoms with Crippen molar-refractivity contribution in [3.8, 4) is 0 Å². The van der Waals surface area contributed by atoms with Gasteiger partial charge in [-0.05, 0) is 11.6 Å². The molecule has 0 heterocycles. The van der Waals surface area contributed by atoms with E-state index in [0.29, 0.717) is 5.56 Å². The van der Waals surface area contributed by atoms with Crippen molar-refractivity contribution in [2.24, 2.45) is 0 Å². The van der Waals surface area contributed by atoms with Crippen LogP contribution in [0.2, 0.25) is 0 Å². The van der Waals surface area contributed by atoms with Crippen LogP contribution in [0, 0.1) is 6.07 Å². The van der Waals surface area contributed by atoms with Gasteiger partial charge in [-0.3, -0.25) is 0 Å². The van der Waals surface area contributed by atoms with Crippen molar-refractivity contribution in [3.63, 3.8) is 0 Å². The molecule has 0 amide bonds. The molecule has 59 valence electrons. The molecule has 0 aromatic heterocycles. The highest BCUT2D eigenvalue weighted by molar-refractivity contribution is 5.18. The summed E-state index contributed by atoms with van der Waals surface area (Å²) in [6, 6.07) is 9.46. The highest BCUT2D eigenvalue weighted by Gasteiger charge is 2.15. The van der Waals surface area contributed by atoms with E-state index in [9.17, 15) is 8.78 Å². The molecule has 0 saturated carbocycles. The van der Waals surface area contributed by atoms with E-state index in [-0.39, 0.29) is 0 Å². The summed E-state index contributed by atoms with van der Waals surface area (Å²) in [6.45, 7) is 1.51. The average Bonchev–Trinajstić information content (AvgIpc) is 2.05. The molecular weight excluding hydrogens is 146 g/mol. The fourth-order valence-electron chi connectivity index (χ4n) is 0.836. The Morgan fingerprint density at radius 1 is 1.45 bits per heavy atom. The number of benzene rings is 1. The Balaban J connectivity index is 2.77. The predicted molar refractivity (Wildman–Crippen MR) is 39.7 cm³/mol. The molecule has 1 aromatic carbocycles. The Bertz CT molecular complexity index is 206. The minimum absolute atomic E-state index is 0.641. The van der Waals surface area contributed by atoms with Gasteiger partial charge in [-0.2, -0.15) is 0 Å². The van der Waals surface area contributed by atoms with Crippen LogP contribution in [0.25, 0.3) is 0 Å². The monoisotopic (exact) mass is 155 g/mol. The van der Waals surface area contributed by atoms with Crippen molar-refractivity contribution in [2.75, 3.05) is 0 Å². The van der Waals surface area contributed by atoms with Crippen LogP contribution in [-0.2, 0) is 0 Å². The van der Waals surface area contributed by atoms with Crippen LogP contribution >= 0.6 is 0 Å². The second-order valence-electron chi connectivity index (χ2n) is 2.46. The van der Waals surface area contributed by atoms with Crippen LogP contribution < -0.4 is 0 Å². The highest BCUT2D eigenvalue weighted by atomic mass is 19.3. The van der Waals surface area contributed by atoms with Crippen molar-refractivity contribution in [3.05, 3.63) is 35.9 Å². The first-order valence-electron chi connectivity index (χ1n) is 3.46. The van der Waals surface area contributed by atoms with E-state index < -0.39 is 12.3 Å². The summed E-state index contributed by atoms with van der Waals surface area (Å²) in [6.07, 6.45) is -2.29. The standard InChI is InChI=1S/C9H9F2/c1-7(9(10)11)8-5-3-2-4-6-8/h2-3,5-7,9H,1H3. The maximum atomic E-state index is 12.1. The predicted octanol–water partition coefficient (Wildman–Crippen LogP) is 2.86. The minimum Gasteiger partial charge on any atom is -0.210 e. The van der Waals surface area contributed by atoms with Crippen molar-refractivity contribution in [1.29, 1.82) is 0 Å². The molecular formula is C9H9F2. The summed E-state index contributed by atoms with van der Waals surface area (Å²) in [4.78, 5) is 0. The Kier molecular flexibility index (Phi) is 2.58. The molecule has 0 nitrogen and oxygen atoms in total. The third kappa shape index (κ3) is 2.00. The van der Waals surface area contributed by atoms with Gasteiger partial charge in [-0.1, -0.05) is 31.2 Å². The highest BCUT2D eigenvalue weighted by Crippen LogP contribution is 2.21. The Morgan fingerprint density at radius 2 is 2.18 bits per heavy atom. The zero-order valence-corrected chi connectivity index (χ0v) is 6.22. The number of hydrogen-bond acceptors (Lipinski definition) is 0. The normalized spacial score (nSPS) is 13.5. The zero-order valence-electron chi connectivity index (χ0n) is 6.22. The van der Waals surface area contributed by atoms with E-state index in [0.717, 1.165) is 0 Å². The maximum absolute atomic E-state index is 12.1. The van der Waals surface area contributed by atoms with Crippen LogP contribution in [0.5, 0.6) is 0 Å². The van der Waals surface area contributed by atoms with E-state index in [1.165, 1.54) is 6.92 Å². The molecule has 0 spiro atoms. The molecule has 1 radical (unpaired) electrons. The van der Waals surface area contributed by atoms with Gasteiger partial charge in [0.05, 0.1) is 0 Å². The minimum atomic E-state index is -2.29. The summed E-state index contributed by atoms with van der Waals surface area (Å²) in [5.41, 5.74) is 0.641. The van der Waals surface area contributed by atoms with Gasteiger partial charge in [0.25, 0.3) is 0 Å². The topological polar surface area (TPSA) is 0 Å². The number of alkyl halides is 2. The van der Waals surface area contributed by atoms with E-state index in [1.807, 2.05) is 0 Å². The van der Waals surface area contributed by atoms with Gasteiger partial charge in [0, 0.05) is 5.92 Å². The molecule has 1 unspecified atom stereocenters. The molecule has 2 heteroatoms. The largest absolute Gasteiger partial charge is 0.245 e.